The lowest BCUT2D eigenvalue weighted by molar-refractivity contribution is -0.383. The molecule has 6 heteroatoms. The summed E-state index contributed by atoms with van der Waals surface area (Å²) in [6.07, 6.45) is 5.21. The Labute approximate surface area is 122 Å². The summed E-state index contributed by atoms with van der Waals surface area (Å²) in [5.41, 5.74) is 5.26. The quantitative estimate of drug-likeness (QED) is 0.692. The maximum atomic E-state index is 11.1. The molecule has 0 spiro atoms. The summed E-state index contributed by atoms with van der Waals surface area (Å²) >= 11 is 0. The van der Waals surface area contributed by atoms with Crippen LogP contribution in [0.15, 0.2) is 24.4 Å². The second kappa shape index (κ2) is 5.65. The summed E-state index contributed by atoms with van der Waals surface area (Å²) in [5.74, 6) is 0. The van der Waals surface area contributed by atoms with Gasteiger partial charge in [-0.2, -0.15) is 0 Å². The highest BCUT2D eigenvalue weighted by atomic mass is 16.6. The third-order valence-electron chi connectivity index (χ3n) is 3.85. The molecular formula is C15H18N4O2. The Morgan fingerprint density at radius 2 is 2.00 bits per heavy atom. The second-order valence-electron chi connectivity index (χ2n) is 5.42. The van der Waals surface area contributed by atoms with E-state index in [0.29, 0.717) is 5.39 Å². The number of non-ortho nitro benzene ring substituents is 1. The largest absolute Gasteiger partial charge is 0.318 e. The number of nitro groups is 1. The minimum absolute atomic E-state index is 0.0988. The summed E-state index contributed by atoms with van der Waals surface area (Å²) in [5, 5.41) is 14.8. The molecule has 110 valence electrons. The zero-order valence-corrected chi connectivity index (χ0v) is 12.0. The summed E-state index contributed by atoms with van der Waals surface area (Å²) in [4.78, 5) is 15.0. The molecule has 1 fully saturated rings. The molecule has 2 aromatic rings. The standard InChI is InChI=1S/C15H18N4O2/c1-11-9-12-13(10-16-11)15(19(20)21)6-5-14(12)17-18-7-3-2-4-8-18/h5-6,9-10,17H,2-4,7-8H2,1H3. The van der Waals surface area contributed by atoms with Crippen molar-refractivity contribution in [2.75, 3.05) is 18.5 Å². The zero-order chi connectivity index (χ0) is 14.8. The number of pyridine rings is 1. The van der Waals surface area contributed by atoms with E-state index in [1.54, 1.807) is 18.3 Å². The molecule has 3 rings (SSSR count). The number of aromatic nitrogens is 1. The number of fused-ring (bicyclic) bond motifs is 1. The van der Waals surface area contributed by atoms with Gasteiger partial charge in [-0.05, 0) is 31.9 Å². The van der Waals surface area contributed by atoms with E-state index in [-0.39, 0.29) is 10.6 Å². The van der Waals surface area contributed by atoms with Crippen molar-refractivity contribution in [3.8, 4) is 0 Å². The summed E-state index contributed by atoms with van der Waals surface area (Å²) in [7, 11) is 0. The van der Waals surface area contributed by atoms with E-state index in [1.165, 1.54) is 19.3 Å². The lowest BCUT2D eigenvalue weighted by Gasteiger charge is -2.28. The summed E-state index contributed by atoms with van der Waals surface area (Å²) in [6, 6.07) is 5.23. The van der Waals surface area contributed by atoms with Crippen LogP contribution in [0.4, 0.5) is 11.4 Å². The van der Waals surface area contributed by atoms with E-state index in [0.717, 1.165) is 29.9 Å². The predicted octanol–water partition coefficient (Wildman–Crippen LogP) is 3.26. The fourth-order valence-electron chi connectivity index (χ4n) is 2.76. The van der Waals surface area contributed by atoms with Crippen molar-refractivity contribution in [1.29, 1.82) is 0 Å². The summed E-state index contributed by atoms with van der Waals surface area (Å²) < 4.78 is 0. The van der Waals surface area contributed by atoms with Gasteiger partial charge in [0.05, 0.1) is 16.0 Å². The monoisotopic (exact) mass is 286 g/mol. The van der Waals surface area contributed by atoms with E-state index in [2.05, 4.69) is 15.4 Å². The molecule has 0 saturated carbocycles. The third-order valence-corrected chi connectivity index (χ3v) is 3.85. The lowest BCUT2D eigenvalue weighted by Crippen LogP contribution is -2.34. The minimum Gasteiger partial charge on any atom is -0.318 e. The molecule has 1 aromatic heterocycles. The van der Waals surface area contributed by atoms with Crippen LogP contribution in [-0.4, -0.2) is 28.0 Å². The molecule has 6 nitrogen and oxygen atoms in total. The van der Waals surface area contributed by atoms with Crippen molar-refractivity contribution < 1.29 is 4.92 Å². The van der Waals surface area contributed by atoms with Gasteiger partial charge in [-0.25, -0.2) is 5.01 Å². The van der Waals surface area contributed by atoms with Crippen LogP contribution in [0.25, 0.3) is 10.8 Å². The number of anilines is 1. The molecule has 1 aliphatic rings. The van der Waals surface area contributed by atoms with Crippen molar-refractivity contribution in [2.24, 2.45) is 0 Å². The molecule has 1 aromatic carbocycles. The molecular weight excluding hydrogens is 268 g/mol. The molecule has 0 amide bonds. The molecule has 0 radical (unpaired) electrons. The number of nitrogens with zero attached hydrogens (tertiary/aromatic N) is 3. The Kier molecular flexibility index (Phi) is 3.70. The third kappa shape index (κ3) is 2.80. The topological polar surface area (TPSA) is 71.3 Å². The van der Waals surface area contributed by atoms with Crippen molar-refractivity contribution >= 4 is 22.1 Å². The van der Waals surface area contributed by atoms with E-state index in [4.69, 9.17) is 0 Å². The van der Waals surface area contributed by atoms with Crippen LogP contribution in [0, 0.1) is 17.0 Å². The number of hydrogen-bond acceptors (Lipinski definition) is 5. The van der Waals surface area contributed by atoms with Gasteiger partial charge in [0.1, 0.15) is 0 Å². The van der Waals surface area contributed by atoms with Crippen LogP contribution >= 0.6 is 0 Å². The van der Waals surface area contributed by atoms with Crippen LogP contribution in [0.2, 0.25) is 0 Å². The number of nitrogens with one attached hydrogen (secondary N) is 1. The zero-order valence-electron chi connectivity index (χ0n) is 12.0. The molecule has 1 N–H and O–H groups in total. The van der Waals surface area contributed by atoms with Gasteiger partial charge < -0.3 is 5.43 Å². The first-order valence-corrected chi connectivity index (χ1v) is 7.20. The van der Waals surface area contributed by atoms with Crippen LogP contribution in [0.5, 0.6) is 0 Å². The molecule has 2 heterocycles. The van der Waals surface area contributed by atoms with Crippen molar-refractivity contribution in [3.05, 3.63) is 40.2 Å². The molecule has 1 aliphatic heterocycles. The van der Waals surface area contributed by atoms with E-state index < -0.39 is 0 Å². The summed E-state index contributed by atoms with van der Waals surface area (Å²) in [6.45, 7) is 3.90. The van der Waals surface area contributed by atoms with Crippen LogP contribution in [0.3, 0.4) is 0 Å². The maximum Gasteiger partial charge on any atom is 0.278 e. The Balaban J connectivity index is 2.03. The van der Waals surface area contributed by atoms with Gasteiger partial charge >= 0.3 is 0 Å². The van der Waals surface area contributed by atoms with Crippen LogP contribution < -0.4 is 5.43 Å². The Morgan fingerprint density at radius 1 is 1.24 bits per heavy atom. The van der Waals surface area contributed by atoms with Gasteiger partial charge in [-0.1, -0.05) is 6.42 Å². The highest BCUT2D eigenvalue weighted by Gasteiger charge is 2.17. The van der Waals surface area contributed by atoms with Crippen molar-refractivity contribution in [3.63, 3.8) is 0 Å². The van der Waals surface area contributed by atoms with Gasteiger partial charge in [0.25, 0.3) is 5.69 Å². The highest BCUT2D eigenvalue weighted by Crippen LogP contribution is 2.32. The molecule has 0 unspecified atom stereocenters. The normalized spacial score (nSPS) is 16.0. The highest BCUT2D eigenvalue weighted by molar-refractivity contribution is 5.99. The SMILES string of the molecule is Cc1cc2c(NN3CCCCC3)ccc([N+](=O)[O-])c2cn1. The Morgan fingerprint density at radius 3 is 2.71 bits per heavy atom. The number of hydrogen-bond donors (Lipinski definition) is 1. The number of nitro benzene ring substituents is 1. The van der Waals surface area contributed by atoms with Gasteiger partial charge in [0.15, 0.2) is 0 Å². The van der Waals surface area contributed by atoms with Crippen LogP contribution in [-0.2, 0) is 0 Å². The van der Waals surface area contributed by atoms with Gasteiger partial charge in [-0.3, -0.25) is 15.1 Å². The number of benzene rings is 1. The molecule has 0 atom stereocenters. The van der Waals surface area contributed by atoms with Crippen molar-refractivity contribution in [1.82, 2.24) is 9.99 Å². The number of rotatable bonds is 3. The van der Waals surface area contributed by atoms with Gasteiger partial charge in [0.2, 0.25) is 0 Å². The fourth-order valence-corrected chi connectivity index (χ4v) is 2.76. The minimum atomic E-state index is -0.357. The predicted molar refractivity (Wildman–Crippen MR) is 82.2 cm³/mol. The Hall–Kier alpha value is -2.21. The van der Waals surface area contributed by atoms with Crippen LogP contribution in [0.1, 0.15) is 25.0 Å². The molecule has 1 saturated heterocycles. The second-order valence-corrected chi connectivity index (χ2v) is 5.42. The average Bonchev–Trinajstić information content (AvgIpc) is 2.48. The average molecular weight is 286 g/mol. The smallest absolute Gasteiger partial charge is 0.278 e. The van der Waals surface area contributed by atoms with E-state index >= 15 is 0 Å². The molecule has 0 aliphatic carbocycles. The first-order chi connectivity index (χ1) is 10.1. The van der Waals surface area contributed by atoms with E-state index in [9.17, 15) is 10.1 Å². The molecule has 0 bridgehead atoms. The van der Waals surface area contributed by atoms with Gasteiger partial charge in [-0.15, -0.1) is 0 Å². The fraction of sp³-hybridized carbons (Fsp3) is 0.400. The maximum absolute atomic E-state index is 11.1. The Bertz CT molecular complexity index is 681. The number of hydrazine groups is 1. The van der Waals surface area contributed by atoms with Gasteiger partial charge in [0, 0.05) is 36.4 Å². The first-order valence-electron chi connectivity index (χ1n) is 7.20. The lowest BCUT2D eigenvalue weighted by atomic mass is 10.1. The van der Waals surface area contributed by atoms with E-state index in [1.807, 2.05) is 13.0 Å². The first kappa shape index (κ1) is 13.8. The number of aryl methyl sites for hydroxylation is 1. The number of piperidine rings is 1. The molecule has 21 heavy (non-hydrogen) atoms. The van der Waals surface area contributed by atoms with Crippen molar-refractivity contribution in [2.45, 2.75) is 26.2 Å².